The fourth-order valence-electron chi connectivity index (χ4n) is 5.99. The van der Waals surface area contributed by atoms with E-state index in [0.29, 0.717) is 39.3 Å². The molecule has 0 bridgehead atoms. The maximum Gasteiger partial charge on any atom is 0.359 e. The molecule has 0 fully saturated rings. The van der Waals surface area contributed by atoms with Crippen LogP contribution in [0.4, 0.5) is 0 Å². The third-order valence-corrected chi connectivity index (χ3v) is 9.13. The largest absolute Gasteiger partial charge is 0.486 e. The lowest BCUT2D eigenvalue weighted by Gasteiger charge is -2.10. The zero-order valence-corrected chi connectivity index (χ0v) is 24.4. The van der Waals surface area contributed by atoms with Gasteiger partial charge in [0.05, 0.1) is 10.9 Å². The summed E-state index contributed by atoms with van der Waals surface area (Å²) in [5.74, 6) is 0.557. The second-order valence-electron chi connectivity index (χ2n) is 10.5. The molecule has 0 atom stereocenters. The van der Waals surface area contributed by atoms with Crippen LogP contribution in [0.3, 0.4) is 0 Å². The molecule has 5 aromatic rings. The molecule has 0 spiro atoms. The summed E-state index contributed by atoms with van der Waals surface area (Å²) in [4.78, 5) is 13.6. The van der Waals surface area contributed by atoms with Gasteiger partial charge in [0.1, 0.15) is 23.0 Å². The number of aryl methyl sites for hydroxylation is 5. The summed E-state index contributed by atoms with van der Waals surface area (Å²) in [6.45, 7) is 10.2. The molecule has 6 rings (SSSR count). The second-order valence-corrected chi connectivity index (χ2v) is 12.0. The van der Waals surface area contributed by atoms with E-state index in [4.69, 9.17) is 9.02 Å². The third-order valence-electron chi connectivity index (χ3n) is 7.72. The number of hydrogen-bond donors (Lipinski definition) is 0. The number of fused-ring (bicyclic) bond motifs is 5. The molecule has 41 heavy (non-hydrogen) atoms. The molecule has 0 amide bonds. The molecule has 2 heterocycles. The zero-order valence-electron chi connectivity index (χ0n) is 23.6. The van der Waals surface area contributed by atoms with Gasteiger partial charge in [0.25, 0.3) is 0 Å². The van der Waals surface area contributed by atoms with Crippen molar-refractivity contribution in [2.75, 3.05) is 6.61 Å². The van der Waals surface area contributed by atoms with Crippen LogP contribution in [0.25, 0.3) is 21.8 Å². The van der Waals surface area contributed by atoms with E-state index in [1.165, 1.54) is 0 Å². The van der Waals surface area contributed by atoms with Crippen LogP contribution in [0, 0.1) is 27.7 Å². The van der Waals surface area contributed by atoms with Crippen LogP contribution in [-0.2, 0) is 20.9 Å². The molecule has 8 heteroatoms. The molecule has 0 unspecified atom stereocenters. The number of hydrogen-bond acceptors (Lipinski definition) is 6. The van der Waals surface area contributed by atoms with Crippen LogP contribution in [0.2, 0.25) is 0 Å². The Hall–Kier alpha value is -4.43. The summed E-state index contributed by atoms with van der Waals surface area (Å²) < 4.78 is 39.8. The first-order valence-electron chi connectivity index (χ1n) is 13.5. The minimum absolute atomic E-state index is 0.0431. The highest BCUT2D eigenvalue weighted by Crippen LogP contribution is 2.41. The summed E-state index contributed by atoms with van der Waals surface area (Å²) in [6.07, 6.45) is 0. The predicted octanol–water partition coefficient (Wildman–Crippen LogP) is 6.78. The van der Waals surface area contributed by atoms with Crippen molar-refractivity contribution in [3.63, 3.8) is 0 Å². The lowest BCUT2D eigenvalue weighted by atomic mass is 9.97. The summed E-state index contributed by atoms with van der Waals surface area (Å²) in [6, 6.07) is 20.8. The van der Waals surface area contributed by atoms with Crippen molar-refractivity contribution in [2.45, 2.75) is 46.1 Å². The minimum atomic E-state index is -4.14. The smallest absolute Gasteiger partial charge is 0.359 e. The van der Waals surface area contributed by atoms with Gasteiger partial charge in [0.2, 0.25) is 0 Å². The van der Waals surface area contributed by atoms with Gasteiger partial charge in [-0.15, -0.1) is 0 Å². The summed E-state index contributed by atoms with van der Waals surface area (Å²) >= 11 is 0. The summed E-state index contributed by atoms with van der Waals surface area (Å²) in [5.41, 5.74) is 7.36. The van der Waals surface area contributed by atoms with E-state index in [-0.39, 0.29) is 17.3 Å². The number of oxime groups is 1. The van der Waals surface area contributed by atoms with Crippen molar-refractivity contribution >= 4 is 43.4 Å². The third kappa shape index (κ3) is 4.39. The number of ketones is 1. The van der Waals surface area contributed by atoms with Gasteiger partial charge in [-0.25, -0.2) is 0 Å². The Morgan fingerprint density at radius 2 is 1.63 bits per heavy atom. The Kier molecular flexibility index (Phi) is 6.46. The first-order chi connectivity index (χ1) is 19.6. The summed E-state index contributed by atoms with van der Waals surface area (Å²) in [7, 11) is -4.14. The number of nitrogens with zero attached hydrogens (tertiary/aromatic N) is 2. The quantitative estimate of drug-likeness (QED) is 0.167. The number of benzene rings is 4. The van der Waals surface area contributed by atoms with Crippen LogP contribution < -0.4 is 4.74 Å². The fourth-order valence-corrected chi connectivity index (χ4v) is 7.16. The Morgan fingerprint density at radius 1 is 0.927 bits per heavy atom. The molecule has 0 N–H and O–H groups in total. The van der Waals surface area contributed by atoms with Crippen LogP contribution in [-0.4, -0.2) is 31.1 Å². The maximum atomic E-state index is 13.4. The zero-order chi connectivity index (χ0) is 29.1. The van der Waals surface area contributed by atoms with Crippen LogP contribution in [0.15, 0.2) is 76.8 Å². The Balaban J connectivity index is 1.45. The highest BCUT2D eigenvalue weighted by molar-refractivity contribution is 7.86. The first kappa shape index (κ1) is 26.8. The fraction of sp³-hybridized carbons (Fsp3) is 0.212. The van der Waals surface area contributed by atoms with Gasteiger partial charge in [-0.2, -0.15) is 8.42 Å². The van der Waals surface area contributed by atoms with E-state index in [9.17, 15) is 13.2 Å². The number of carbonyl (C=O) groups is 1. The molecule has 208 valence electrons. The molecule has 1 aliphatic rings. The van der Waals surface area contributed by atoms with E-state index in [2.05, 4.69) is 16.6 Å². The van der Waals surface area contributed by atoms with Gasteiger partial charge in [0, 0.05) is 34.1 Å². The van der Waals surface area contributed by atoms with Gasteiger partial charge in [-0.1, -0.05) is 47.1 Å². The Morgan fingerprint density at radius 3 is 2.34 bits per heavy atom. The van der Waals surface area contributed by atoms with Gasteiger partial charge in [0.15, 0.2) is 5.78 Å². The topological polar surface area (TPSA) is 87.0 Å². The Labute approximate surface area is 239 Å². The van der Waals surface area contributed by atoms with Crippen LogP contribution in [0.5, 0.6) is 5.75 Å². The molecule has 1 aliphatic heterocycles. The monoisotopic (exact) mass is 566 g/mol. The SMILES string of the molecule is CCn1c2ccc(C(=O)c3ccccc3C)cc2c2c3c(ccc21)/C(=N/OS(=O)(=O)c1c(C)cc(C)cc1C)CO3. The van der Waals surface area contributed by atoms with Crippen molar-refractivity contribution in [2.24, 2.45) is 5.16 Å². The van der Waals surface area contributed by atoms with Crippen LogP contribution >= 0.6 is 0 Å². The molecule has 0 saturated heterocycles. The van der Waals surface area contributed by atoms with Crippen LogP contribution in [0.1, 0.15) is 50.7 Å². The molecular formula is C33H30N2O5S. The molecular weight excluding hydrogens is 536 g/mol. The van der Waals surface area contributed by atoms with Gasteiger partial charge >= 0.3 is 10.1 Å². The number of ether oxygens (including phenoxy) is 1. The standard InChI is InChI=1S/C33H30N2O5S/c1-6-35-28-13-11-23(31(36)24-10-8-7-9-20(24)3)17-26(28)30-29(35)14-12-25-27(18-39-32(25)30)34-40-41(37,38)33-21(4)15-19(2)16-22(33)5/h7-17H,6,18H2,1-5H3/b34-27+. The molecule has 0 radical (unpaired) electrons. The normalized spacial score (nSPS) is 14.0. The predicted molar refractivity (Wildman–Crippen MR) is 161 cm³/mol. The number of aromatic nitrogens is 1. The molecule has 0 saturated carbocycles. The average molecular weight is 567 g/mol. The minimum Gasteiger partial charge on any atom is -0.486 e. The average Bonchev–Trinajstić information content (AvgIpc) is 3.49. The lowest BCUT2D eigenvalue weighted by molar-refractivity contribution is 0.103. The van der Waals surface area contributed by atoms with Crippen molar-refractivity contribution in [1.29, 1.82) is 0 Å². The van der Waals surface area contributed by atoms with Crippen molar-refractivity contribution in [3.05, 3.63) is 106 Å². The van der Waals surface area contributed by atoms with E-state index in [1.54, 1.807) is 13.8 Å². The van der Waals surface area contributed by atoms with E-state index in [0.717, 1.165) is 39.5 Å². The van der Waals surface area contributed by atoms with Gasteiger partial charge in [-0.3, -0.25) is 9.08 Å². The highest BCUT2D eigenvalue weighted by atomic mass is 32.2. The molecule has 1 aromatic heterocycles. The van der Waals surface area contributed by atoms with E-state index >= 15 is 0 Å². The maximum absolute atomic E-state index is 13.4. The molecule has 4 aromatic carbocycles. The first-order valence-corrected chi connectivity index (χ1v) is 14.9. The highest BCUT2D eigenvalue weighted by Gasteiger charge is 2.28. The van der Waals surface area contributed by atoms with Gasteiger partial charge < -0.3 is 9.30 Å². The molecule has 0 aliphatic carbocycles. The summed E-state index contributed by atoms with van der Waals surface area (Å²) in [5, 5.41) is 5.82. The lowest BCUT2D eigenvalue weighted by Crippen LogP contribution is -2.10. The molecule has 7 nitrogen and oxygen atoms in total. The second kappa shape index (κ2) is 9.89. The van der Waals surface area contributed by atoms with Gasteiger partial charge in [-0.05, 0) is 81.6 Å². The number of rotatable bonds is 6. The van der Waals surface area contributed by atoms with E-state index in [1.807, 2.05) is 80.6 Å². The number of carbonyl (C=O) groups excluding carboxylic acids is 1. The van der Waals surface area contributed by atoms with Crippen molar-refractivity contribution in [1.82, 2.24) is 4.57 Å². The van der Waals surface area contributed by atoms with Crippen molar-refractivity contribution < 1.29 is 22.2 Å². The van der Waals surface area contributed by atoms with E-state index < -0.39 is 10.1 Å². The van der Waals surface area contributed by atoms with Crippen molar-refractivity contribution in [3.8, 4) is 5.75 Å². The Bertz CT molecular complexity index is 2010.